The van der Waals surface area contributed by atoms with Crippen LogP contribution in [-0.4, -0.2) is 21.3 Å². The summed E-state index contributed by atoms with van der Waals surface area (Å²) in [5.41, 5.74) is 1.58. The molecule has 0 aromatic heterocycles. The van der Waals surface area contributed by atoms with Gasteiger partial charge >= 0.3 is 5.97 Å². The standard InChI is InChI=1S/C22H39NO4S/c1-5-7-8-9-10-11-12-13-14-15-17-27-22(24)21(19(3)4)18-20(16-6-2)23-28(25)26/h6,16,18,23H,5,7-15,17H2,1-4H3,(H,25,26)/b16-6-,20-18+. The fourth-order valence-corrected chi connectivity index (χ4v) is 3.12. The molecule has 0 saturated heterocycles. The lowest BCUT2D eigenvalue weighted by molar-refractivity contribution is -0.138. The molecule has 0 aliphatic carbocycles. The quantitative estimate of drug-likeness (QED) is 0.107. The van der Waals surface area contributed by atoms with Gasteiger partial charge in [-0.2, -0.15) is 0 Å². The molecule has 0 radical (unpaired) electrons. The highest BCUT2D eigenvalue weighted by atomic mass is 32.2. The molecule has 6 heteroatoms. The molecule has 0 aliphatic heterocycles. The van der Waals surface area contributed by atoms with Gasteiger partial charge in [-0.15, -0.1) is 0 Å². The number of hydrogen-bond donors (Lipinski definition) is 2. The number of carbonyl (C=O) groups is 1. The molecule has 0 heterocycles. The highest BCUT2D eigenvalue weighted by Crippen LogP contribution is 2.13. The Morgan fingerprint density at radius 2 is 1.54 bits per heavy atom. The van der Waals surface area contributed by atoms with Crippen LogP contribution >= 0.6 is 0 Å². The fraction of sp³-hybridized carbons (Fsp3) is 0.682. The summed E-state index contributed by atoms with van der Waals surface area (Å²) in [6, 6.07) is 0. The van der Waals surface area contributed by atoms with E-state index in [9.17, 15) is 9.00 Å². The number of hydrogen-bond acceptors (Lipinski definition) is 3. The van der Waals surface area contributed by atoms with E-state index in [0.717, 1.165) is 18.4 Å². The van der Waals surface area contributed by atoms with Crippen LogP contribution in [0.4, 0.5) is 0 Å². The summed E-state index contributed by atoms with van der Waals surface area (Å²) in [7, 11) is 0. The molecular weight excluding hydrogens is 374 g/mol. The van der Waals surface area contributed by atoms with Gasteiger partial charge in [0, 0.05) is 5.70 Å². The molecule has 0 bridgehead atoms. The van der Waals surface area contributed by atoms with Crippen molar-refractivity contribution in [3.05, 3.63) is 35.1 Å². The SMILES string of the molecule is C/C=C\C(=C/C(C(=O)OCCCCCCCCCCCC)=C(C)C)NS(=O)O. The minimum Gasteiger partial charge on any atom is -0.462 e. The first-order valence-corrected chi connectivity index (χ1v) is 11.6. The molecule has 2 N–H and O–H groups in total. The monoisotopic (exact) mass is 413 g/mol. The third-order valence-electron chi connectivity index (χ3n) is 4.34. The van der Waals surface area contributed by atoms with Crippen molar-refractivity contribution in [1.29, 1.82) is 0 Å². The normalized spacial score (nSPS) is 12.8. The lowest BCUT2D eigenvalue weighted by Gasteiger charge is -2.09. The van der Waals surface area contributed by atoms with E-state index in [-0.39, 0.29) is 0 Å². The van der Waals surface area contributed by atoms with E-state index in [1.165, 1.54) is 51.4 Å². The van der Waals surface area contributed by atoms with E-state index >= 15 is 0 Å². The van der Waals surface area contributed by atoms with E-state index in [4.69, 9.17) is 9.29 Å². The average Bonchev–Trinajstić information content (AvgIpc) is 2.63. The first-order chi connectivity index (χ1) is 13.4. The summed E-state index contributed by atoms with van der Waals surface area (Å²) in [4.78, 5) is 12.4. The smallest absolute Gasteiger partial charge is 0.338 e. The van der Waals surface area contributed by atoms with Gasteiger partial charge < -0.3 is 4.74 Å². The van der Waals surface area contributed by atoms with Crippen LogP contribution < -0.4 is 4.72 Å². The molecule has 1 unspecified atom stereocenters. The second kappa shape index (κ2) is 17.7. The molecule has 5 nitrogen and oxygen atoms in total. The van der Waals surface area contributed by atoms with Crippen molar-refractivity contribution in [3.8, 4) is 0 Å². The molecule has 0 aromatic rings. The zero-order valence-corrected chi connectivity index (χ0v) is 18.9. The van der Waals surface area contributed by atoms with Crippen LogP contribution in [0.25, 0.3) is 0 Å². The fourth-order valence-electron chi connectivity index (χ4n) is 2.79. The molecule has 0 spiro atoms. The molecule has 0 amide bonds. The van der Waals surface area contributed by atoms with Crippen molar-refractivity contribution in [2.24, 2.45) is 0 Å². The average molecular weight is 414 g/mol. The molecule has 0 aliphatic rings. The molecule has 28 heavy (non-hydrogen) atoms. The Kier molecular flexibility index (Phi) is 16.8. The number of nitrogens with one attached hydrogen (secondary N) is 1. The molecule has 0 fully saturated rings. The lowest BCUT2D eigenvalue weighted by atomic mass is 10.1. The van der Waals surface area contributed by atoms with Gasteiger partial charge in [0.1, 0.15) is 0 Å². The Bertz CT molecular complexity index is 549. The van der Waals surface area contributed by atoms with Crippen molar-refractivity contribution in [2.45, 2.75) is 91.9 Å². The molecule has 162 valence electrons. The summed E-state index contributed by atoms with van der Waals surface area (Å²) in [5.74, 6) is -0.400. The number of carbonyl (C=O) groups excluding carboxylic acids is 1. The second-order valence-electron chi connectivity index (χ2n) is 7.18. The van der Waals surface area contributed by atoms with Gasteiger partial charge in [-0.25, -0.2) is 9.00 Å². The second-order valence-corrected chi connectivity index (χ2v) is 7.88. The maximum Gasteiger partial charge on any atom is 0.338 e. The van der Waals surface area contributed by atoms with Crippen LogP contribution in [0.3, 0.4) is 0 Å². The zero-order valence-electron chi connectivity index (χ0n) is 18.1. The number of ether oxygens (including phenoxy) is 1. The van der Waals surface area contributed by atoms with Crippen molar-refractivity contribution >= 4 is 17.2 Å². The van der Waals surface area contributed by atoms with Gasteiger partial charge in [-0.3, -0.25) is 9.27 Å². The largest absolute Gasteiger partial charge is 0.462 e. The van der Waals surface area contributed by atoms with Gasteiger partial charge in [-0.1, -0.05) is 76.4 Å². The van der Waals surface area contributed by atoms with Gasteiger partial charge in [0.25, 0.3) is 11.3 Å². The minimum atomic E-state index is -2.20. The summed E-state index contributed by atoms with van der Waals surface area (Å²) in [6.45, 7) is 8.06. The van der Waals surface area contributed by atoms with Gasteiger partial charge in [-0.05, 0) is 39.3 Å². The van der Waals surface area contributed by atoms with Gasteiger partial charge in [0.15, 0.2) is 0 Å². The minimum absolute atomic E-state index is 0.385. The van der Waals surface area contributed by atoms with Crippen molar-refractivity contribution in [3.63, 3.8) is 0 Å². The Hall–Kier alpha value is -1.40. The number of allylic oxidation sites excluding steroid dienone is 3. The maximum atomic E-state index is 12.4. The lowest BCUT2D eigenvalue weighted by Crippen LogP contribution is -2.16. The van der Waals surface area contributed by atoms with E-state index in [1.807, 2.05) is 13.8 Å². The van der Waals surface area contributed by atoms with E-state index in [2.05, 4.69) is 11.6 Å². The van der Waals surface area contributed by atoms with E-state index in [0.29, 0.717) is 17.9 Å². The van der Waals surface area contributed by atoms with Crippen LogP contribution in [0.15, 0.2) is 35.1 Å². The van der Waals surface area contributed by atoms with Crippen LogP contribution in [0.2, 0.25) is 0 Å². The van der Waals surface area contributed by atoms with E-state index in [1.54, 1.807) is 25.2 Å². The topological polar surface area (TPSA) is 75.6 Å². The number of unbranched alkanes of at least 4 members (excludes halogenated alkanes) is 9. The van der Waals surface area contributed by atoms with Crippen LogP contribution in [0.5, 0.6) is 0 Å². The Balaban J connectivity index is 4.23. The number of esters is 1. The van der Waals surface area contributed by atoms with Gasteiger partial charge in [0.05, 0.1) is 12.2 Å². The maximum absolute atomic E-state index is 12.4. The van der Waals surface area contributed by atoms with Crippen LogP contribution in [0, 0.1) is 0 Å². The highest BCUT2D eigenvalue weighted by Gasteiger charge is 2.12. The van der Waals surface area contributed by atoms with Crippen LogP contribution in [-0.2, 0) is 20.8 Å². The summed E-state index contributed by atoms with van der Waals surface area (Å²) >= 11 is -2.20. The van der Waals surface area contributed by atoms with Crippen molar-refractivity contribution < 1.29 is 18.3 Å². The summed E-state index contributed by atoms with van der Waals surface area (Å²) < 4.78 is 27.8. The highest BCUT2D eigenvalue weighted by molar-refractivity contribution is 7.77. The first kappa shape index (κ1) is 26.6. The summed E-state index contributed by atoms with van der Waals surface area (Å²) in [5, 5.41) is 0. The van der Waals surface area contributed by atoms with Crippen LogP contribution in [0.1, 0.15) is 91.9 Å². The van der Waals surface area contributed by atoms with E-state index < -0.39 is 17.2 Å². The Labute approximate surface area is 174 Å². The third kappa shape index (κ3) is 14.6. The third-order valence-corrected chi connectivity index (χ3v) is 4.75. The summed E-state index contributed by atoms with van der Waals surface area (Å²) in [6.07, 6.45) is 17.2. The van der Waals surface area contributed by atoms with Crippen molar-refractivity contribution in [1.82, 2.24) is 4.72 Å². The van der Waals surface area contributed by atoms with Gasteiger partial charge in [0.2, 0.25) is 0 Å². The Morgan fingerprint density at radius 1 is 1.00 bits per heavy atom. The Morgan fingerprint density at radius 3 is 2.00 bits per heavy atom. The zero-order chi connectivity index (χ0) is 21.2. The predicted molar refractivity (Wildman–Crippen MR) is 118 cm³/mol. The molecule has 0 aromatic carbocycles. The first-order valence-electron chi connectivity index (χ1n) is 10.5. The number of rotatable bonds is 16. The molecule has 1 atom stereocenters. The molecular formula is C22H39NO4S. The molecule has 0 rings (SSSR count). The van der Waals surface area contributed by atoms with Crippen molar-refractivity contribution in [2.75, 3.05) is 6.61 Å². The molecule has 0 saturated carbocycles. The predicted octanol–water partition coefficient (Wildman–Crippen LogP) is 5.97.